The Hall–Kier alpha value is -2.87. The third-order valence-corrected chi connectivity index (χ3v) is 3.45. The quantitative estimate of drug-likeness (QED) is 0.400. The van der Waals surface area contributed by atoms with Crippen molar-refractivity contribution in [2.75, 3.05) is 25.0 Å². The van der Waals surface area contributed by atoms with Crippen molar-refractivity contribution in [2.24, 2.45) is 4.99 Å². The van der Waals surface area contributed by atoms with Gasteiger partial charge in [-0.2, -0.15) is 0 Å². The Morgan fingerprint density at radius 2 is 1.72 bits per heavy atom. The van der Waals surface area contributed by atoms with Crippen LogP contribution in [0.15, 0.2) is 96.6 Å². The number of nitrogens with zero attached hydrogens (tertiary/aromatic N) is 2. The molecule has 0 aliphatic heterocycles. The molecule has 0 atom stereocenters. The molecule has 2 heteroatoms. The fraction of sp³-hybridized carbons (Fsp3) is 0.174. The van der Waals surface area contributed by atoms with E-state index >= 15 is 0 Å². The highest BCUT2D eigenvalue weighted by Gasteiger charge is 2.01. The van der Waals surface area contributed by atoms with Gasteiger partial charge >= 0.3 is 0 Å². The first-order chi connectivity index (χ1) is 12.2. The molecule has 0 unspecified atom stereocenters. The van der Waals surface area contributed by atoms with Gasteiger partial charge in [-0.1, -0.05) is 73.9 Å². The number of hydrogen-bond acceptors (Lipinski definition) is 2. The highest BCUT2D eigenvalue weighted by molar-refractivity contribution is 5.71. The lowest BCUT2D eigenvalue weighted by atomic mass is 10.1. The molecule has 0 aliphatic rings. The van der Waals surface area contributed by atoms with Gasteiger partial charge in [0.05, 0.1) is 0 Å². The highest BCUT2D eigenvalue weighted by Crippen LogP contribution is 2.16. The van der Waals surface area contributed by atoms with Gasteiger partial charge < -0.3 is 4.90 Å². The Kier molecular flexibility index (Phi) is 10.1. The van der Waals surface area contributed by atoms with Crippen molar-refractivity contribution in [3.63, 3.8) is 0 Å². The van der Waals surface area contributed by atoms with Crippen molar-refractivity contribution in [2.45, 2.75) is 6.92 Å². The highest BCUT2D eigenvalue weighted by atomic mass is 15.1. The van der Waals surface area contributed by atoms with Crippen LogP contribution in [0.1, 0.15) is 12.5 Å². The van der Waals surface area contributed by atoms with E-state index in [1.807, 2.05) is 55.7 Å². The van der Waals surface area contributed by atoms with Crippen LogP contribution in [0.2, 0.25) is 0 Å². The number of likely N-dealkylation sites (N-methyl/N-ethyl adjacent to an activating group) is 1. The van der Waals surface area contributed by atoms with Crippen LogP contribution in [0, 0.1) is 0 Å². The van der Waals surface area contributed by atoms with E-state index in [1.54, 1.807) is 6.08 Å². The molecule has 0 N–H and O–H groups in total. The van der Waals surface area contributed by atoms with Gasteiger partial charge in [0.2, 0.25) is 0 Å². The molecule has 25 heavy (non-hydrogen) atoms. The number of allylic oxidation sites excluding steroid dienone is 7. The molecule has 0 amide bonds. The van der Waals surface area contributed by atoms with E-state index in [-0.39, 0.29) is 0 Å². The zero-order valence-corrected chi connectivity index (χ0v) is 15.3. The van der Waals surface area contributed by atoms with Gasteiger partial charge in [-0.25, -0.2) is 0 Å². The van der Waals surface area contributed by atoms with Crippen LogP contribution in [0.5, 0.6) is 0 Å². The summed E-state index contributed by atoms with van der Waals surface area (Å²) in [6.45, 7) is 11.2. The van der Waals surface area contributed by atoms with E-state index in [2.05, 4.69) is 60.4 Å². The van der Waals surface area contributed by atoms with Crippen LogP contribution in [-0.4, -0.2) is 26.4 Å². The molecule has 2 nitrogen and oxygen atoms in total. The summed E-state index contributed by atoms with van der Waals surface area (Å²) >= 11 is 0. The number of anilines is 1. The molecule has 1 aromatic rings. The van der Waals surface area contributed by atoms with E-state index in [9.17, 15) is 0 Å². The first-order valence-corrected chi connectivity index (χ1v) is 8.46. The Balaban J connectivity index is 2.59. The van der Waals surface area contributed by atoms with Crippen molar-refractivity contribution in [3.05, 3.63) is 97.2 Å². The Morgan fingerprint density at radius 1 is 1.04 bits per heavy atom. The average Bonchev–Trinajstić information content (AvgIpc) is 2.64. The maximum absolute atomic E-state index is 4.11. The lowest BCUT2D eigenvalue weighted by molar-refractivity contribution is 1.00. The predicted molar refractivity (Wildman–Crippen MR) is 115 cm³/mol. The van der Waals surface area contributed by atoms with Crippen LogP contribution in [0.4, 0.5) is 5.69 Å². The molecule has 0 spiro atoms. The maximum Gasteiger partial charge on any atom is 0.0425 e. The zero-order chi connectivity index (χ0) is 18.3. The summed E-state index contributed by atoms with van der Waals surface area (Å²) < 4.78 is 0. The Morgan fingerprint density at radius 3 is 2.36 bits per heavy atom. The van der Waals surface area contributed by atoms with Gasteiger partial charge in [-0.15, -0.1) is 0 Å². The third kappa shape index (κ3) is 8.52. The monoisotopic (exact) mass is 332 g/mol. The first-order valence-electron chi connectivity index (χ1n) is 8.46. The predicted octanol–water partition coefficient (Wildman–Crippen LogP) is 5.64. The third-order valence-electron chi connectivity index (χ3n) is 3.45. The SMILES string of the molecule is C=C/C=C(\C=C)CN(C)c1ccc(/C=C/C=C/C=C\C=NCC)cc1. The van der Waals surface area contributed by atoms with E-state index < -0.39 is 0 Å². The Bertz CT molecular complexity index is 671. The van der Waals surface area contributed by atoms with Crippen LogP contribution in [-0.2, 0) is 0 Å². The van der Waals surface area contributed by atoms with E-state index in [0.717, 1.165) is 18.7 Å². The minimum atomic E-state index is 0.807. The molecule has 1 aromatic carbocycles. The minimum absolute atomic E-state index is 0.807. The van der Waals surface area contributed by atoms with Gasteiger partial charge in [0.15, 0.2) is 0 Å². The number of hydrogen-bond donors (Lipinski definition) is 0. The Labute approximate surface area is 152 Å². The molecule has 0 bridgehead atoms. The largest absolute Gasteiger partial charge is 0.370 e. The molecule has 0 fully saturated rings. The molecule has 0 radical (unpaired) electrons. The fourth-order valence-electron chi connectivity index (χ4n) is 2.12. The summed E-state index contributed by atoms with van der Waals surface area (Å²) in [7, 11) is 2.07. The number of benzene rings is 1. The second-order valence-corrected chi connectivity index (χ2v) is 5.41. The zero-order valence-electron chi connectivity index (χ0n) is 15.3. The minimum Gasteiger partial charge on any atom is -0.370 e. The standard InChI is InChI=1S/C23H28N2/c1-5-13-21(6-2)20-25(4)23-17-15-22(16-18-23)14-11-9-8-10-12-19-24-7-3/h5-6,8-19H,1-2,7,20H2,3-4H3/b9-8+,12-10-,14-11+,21-13+,24-19?. The normalized spacial score (nSPS) is 12.6. The van der Waals surface area contributed by atoms with Gasteiger partial charge in [-0.05, 0) is 36.3 Å². The van der Waals surface area contributed by atoms with E-state index in [0.29, 0.717) is 0 Å². The smallest absolute Gasteiger partial charge is 0.0425 e. The molecule has 0 heterocycles. The van der Waals surface area contributed by atoms with Gasteiger partial charge in [-0.3, -0.25) is 4.99 Å². The molecule has 0 aromatic heterocycles. The lowest BCUT2D eigenvalue weighted by Crippen LogP contribution is -2.19. The van der Waals surface area contributed by atoms with Gasteiger partial charge in [0, 0.05) is 32.0 Å². The van der Waals surface area contributed by atoms with Crippen LogP contribution >= 0.6 is 0 Å². The topological polar surface area (TPSA) is 15.6 Å². The molecular formula is C23H28N2. The summed E-state index contributed by atoms with van der Waals surface area (Å²) in [6, 6.07) is 8.48. The molecule has 0 saturated heterocycles. The number of rotatable bonds is 10. The molecule has 130 valence electrons. The van der Waals surface area contributed by atoms with Crippen LogP contribution in [0.25, 0.3) is 6.08 Å². The second kappa shape index (κ2) is 12.5. The molecule has 0 saturated carbocycles. The fourth-order valence-corrected chi connectivity index (χ4v) is 2.12. The van der Waals surface area contributed by atoms with Crippen molar-refractivity contribution in [1.29, 1.82) is 0 Å². The average molecular weight is 332 g/mol. The van der Waals surface area contributed by atoms with E-state index in [4.69, 9.17) is 0 Å². The van der Waals surface area contributed by atoms with Crippen molar-refractivity contribution < 1.29 is 0 Å². The van der Waals surface area contributed by atoms with Gasteiger partial charge in [0.25, 0.3) is 0 Å². The maximum atomic E-state index is 4.11. The van der Waals surface area contributed by atoms with E-state index in [1.165, 1.54) is 11.3 Å². The van der Waals surface area contributed by atoms with Crippen molar-refractivity contribution >= 4 is 18.0 Å². The van der Waals surface area contributed by atoms with Gasteiger partial charge in [0.1, 0.15) is 0 Å². The van der Waals surface area contributed by atoms with Crippen LogP contribution < -0.4 is 4.90 Å². The second-order valence-electron chi connectivity index (χ2n) is 5.41. The summed E-state index contributed by atoms with van der Waals surface area (Å²) in [5.74, 6) is 0. The summed E-state index contributed by atoms with van der Waals surface area (Å²) in [5, 5.41) is 0. The van der Waals surface area contributed by atoms with Crippen molar-refractivity contribution in [3.8, 4) is 0 Å². The molecule has 1 rings (SSSR count). The summed E-state index contributed by atoms with van der Waals surface area (Å²) in [5.41, 5.74) is 3.48. The van der Waals surface area contributed by atoms with Crippen molar-refractivity contribution in [1.82, 2.24) is 0 Å². The summed E-state index contributed by atoms with van der Waals surface area (Å²) in [6.07, 6.45) is 19.5. The molecular weight excluding hydrogens is 304 g/mol. The van der Waals surface area contributed by atoms with Crippen LogP contribution in [0.3, 0.4) is 0 Å². The lowest BCUT2D eigenvalue weighted by Gasteiger charge is -2.20. The first kappa shape index (κ1) is 20.2. The number of aliphatic imine (C=N–C) groups is 1. The summed E-state index contributed by atoms with van der Waals surface area (Å²) in [4.78, 5) is 6.30. The molecule has 0 aliphatic carbocycles.